The molecule has 1 aliphatic rings. The van der Waals surface area contributed by atoms with Gasteiger partial charge in [0.05, 0.1) is 5.69 Å². The number of likely N-dealkylation sites (tertiary alicyclic amines) is 1. The maximum Gasteiger partial charge on any atom is 0.253 e. The van der Waals surface area contributed by atoms with Crippen molar-refractivity contribution < 1.29 is 9.59 Å². The van der Waals surface area contributed by atoms with E-state index in [4.69, 9.17) is 4.98 Å². The van der Waals surface area contributed by atoms with E-state index >= 15 is 0 Å². The molecule has 1 aliphatic heterocycles. The van der Waals surface area contributed by atoms with Crippen LogP contribution in [-0.4, -0.2) is 34.8 Å². The molecular formula is C25H25N3O2. The summed E-state index contributed by atoms with van der Waals surface area (Å²) >= 11 is 0. The zero-order chi connectivity index (χ0) is 20.9. The number of rotatable bonds is 4. The van der Waals surface area contributed by atoms with Gasteiger partial charge in [-0.2, -0.15) is 0 Å². The van der Waals surface area contributed by atoms with Crippen LogP contribution in [0.2, 0.25) is 0 Å². The number of hydrogen-bond acceptors (Lipinski definition) is 3. The van der Waals surface area contributed by atoms with Gasteiger partial charge < -0.3 is 10.2 Å². The molecule has 30 heavy (non-hydrogen) atoms. The Hall–Kier alpha value is -3.47. The van der Waals surface area contributed by atoms with Gasteiger partial charge in [-0.3, -0.25) is 14.6 Å². The Bertz CT molecular complexity index is 1050. The number of pyridine rings is 1. The molecule has 0 aliphatic carbocycles. The third-order valence-corrected chi connectivity index (χ3v) is 5.40. The number of carbonyl (C=O) groups excluding carboxylic acids is 2. The van der Waals surface area contributed by atoms with Crippen LogP contribution in [0.1, 0.15) is 41.7 Å². The zero-order valence-electron chi connectivity index (χ0n) is 17.0. The second-order valence-electron chi connectivity index (χ2n) is 7.67. The Balaban J connectivity index is 1.54. The number of nitrogens with one attached hydrogen (secondary N) is 1. The van der Waals surface area contributed by atoms with Crippen molar-refractivity contribution in [2.75, 3.05) is 18.4 Å². The van der Waals surface area contributed by atoms with E-state index in [-0.39, 0.29) is 17.7 Å². The topological polar surface area (TPSA) is 62.3 Å². The average molecular weight is 399 g/mol. The molecule has 1 N–H and O–H groups in total. The van der Waals surface area contributed by atoms with Crippen molar-refractivity contribution in [2.24, 2.45) is 0 Å². The minimum atomic E-state index is -0.0979. The molecule has 0 radical (unpaired) electrons. The third-order valence-electron chi connectivity index (χ3n) is 5.40. The van der Waals surface area contributed by atoms with Gasteiger partial charge in [0.25, 0.3) is 5.91 Å². The van der Waals surface area contributed by atoms with Gasteiger partial charge in [-0.15, -0.1) is 0 Å². The Labute approximate surface area is 176 Å². The summed E-state index contributed by atoms with van der Waals surface area (Å²) in [5.74, 6) is 0.198. The first-order valence-corrected chi connectivity index (χ1v) is 10.3. The lowest BCUT2D eigenvalue weighted by atomic mass is 9.93. The molecule has 1 aromatic heterocycles. The summed E-state index contributed by atoms with van der Waals surface area (Å²) in [7, 11) is 0. The summed E-state index contributed by atoms with van der Waals surface area (Å²) in [6.45, 7) is 2.95. The first-order valence-electron chi connectivity index (χ1n) is 10.3. The van der Waals surface area contributed by atoms with Gasteiger partial charge >= 0.3 is 0 Å². The Morgan fingerprint density at radius 3 is 2.60 bits per heavy atom. The van der Waals surface area contributed by atoms with E-state index in [1.807, 2.05) is 77.7 Å². The molecule has 2 aromatic carbocycles. The number of amides is 2. The fraction of sp³-hybridized carbons (Fsp3) is 0.240. The minimum absolute atomic E-state index is 0.0828. The van der Waals surface area contributed by atoms with E-state index in [2.05, 4.69) is 5.32 Å². The third kappa shape index (κ3) is 4.57. The van der Waals surface area contributed by atoms with E-state index in [1.165, 1.54) is 6.92 Å². The number of hydrogen-bond donors (Lipinski definition) is 1. The molecule has 0 bridgehead atoms. The second kappa shape index (κ2) is 8.91. The smallest absolute Gasteiger partial charge is 0.253 e. The normalized spacial score (nSPS) is 16.2. The van der Waals surface area contributed by atoms with Gasteiger partial charge in [0.1, 0.15) is 0 Å². The van der Waals surface area contributed by atoms with Crippen molar-refractivity contribution in [1.82, 2.24) is 9.88 Å². The van der Waals surface area contributed by atoms with Gasteiger partial charge in [0, 0.05) is 48.4 Å². The maximum atomic E-state index is 12.9. The summed E-state index contributed by atoms with van der Waals surface area (Å²) in [5, 5.41) is 2.82. The first-order chi connectivity index (χ1) is 14.6. The lowest BCUT2D eigenvalue weighted by Gasteiger charge is -2.32. The minimum Gasteiger partial charge on any atom is -0.338 e. The summed E-state index contributed by atoms with van der Waals surface area (Å²) in [6.07, 6.45) is 1.98. The van der Waals surface area contributed by atoms with Crippen LogP contribution < -0.4 is 5.32 Å². The molecule has 3 aromatic rings. The highest BCUT2D eigenvalue weighted by Gasteiger charge is 2.26. The molecule has 2 amide bonds. The number of aromatic nitrogens is 1. The van der Waals surface area contributed by atoms with Crippen molar-refractivity contribution >= 4 is 17.5 Å². The molecule has 0 spiro atoms. The number of carbonyl (C=O) groups is 2. The highest BCUT2D eigenvalue weighted by atomic mass is 16.2. The van der Waals surface area contributed by atoms with Crippen LogP contribution in [0, 0.1) is 0 Å². The fourth-order valence-corrected chi connectivity index (χ4v) is 3.97. The molecule has 1 atom stereocenters. The number of nitrogens with zero attached hydrogens (tertiary/aromatic N) is 2. The molecular weight excluding hydrogens is 374 g/mol. The molecule has 152 valence electrons. The van der Waals surface area contributed by atoms with Crippen molar-refractivity contribution in [3.05, 3.63) is 84.1 Å². The summed E-state index contributed by atoms with van der Waals surface area (Å²) < 4.78 is 0. The standard InChI is InChI=1S/C25H25N3O2/c1-18(29)26-22-12-5-10-20(16-22)23-13-6-14-24(27-23)21-11-7-15-28(17-21)25(30)19-8-3-2-4-9-19/h2-6,8-10,12-14,16,21H,7,11,15,17H2,1H3,(H,26,29)/t21-/m0/s1. The molecule has 0 unspecified atom stereocenters. The van der Waals surface area contributed by atoms with Crippen LogP contribution in [0.3, 0.4) is 0 Å². The van der Waals surface area contributed by atoms with Crippen molar-refractivity contribution in [3.8, 4) is 11.3 Å². The van der Waals surface area contributed by atoms with Gasteiger partial charge in [0.2, 0.25) is 5.91 Å². The van der Waals surface area contributed by atoms with Crippen LogP contribution in [0.15, 0.2) is 72.8 Å². The predicted molar refractivity (Wildman–Crippen MR) is 118 cm³/mol. The Morgan fingerprint density at radius 1 is 1.00 bits per heavy atom. The van der Waals surface area contributed by atoms with Gasteiger partial charge in [-0.05, 0) is 49.2 Å². The zero-order valence-corrected chi connectivity index (χ0v) is 17.0. The van der Waals surface area contributed by atoms with Crippen molar-refractivity contribution in [2.45, 2.75) is 25.7 Å². The maximum absolute atomic E-state index is 12.9. The first kappa shape index (κ1) is 19.8. The van der Waals surface area contributed by atoms with Gasteiger partial charge in [-0.1, -0.05) is 36.4 Å². The van der Waals surface area contributed by atoms with E-state index in [9.17, 15) is 9.59 Å². The van der Waals surface area contributed by atoms with Gasteiger partial charge in [0.15, 0.2) is 0 Å². The van der Waals surface area contributed by atoms with Crippen LogP contribution >= 0.6 is 0 Å². The summed E-state index contributed by atoms with van der Waals surface area (Å²) in [5.41, 5.74) is 4.31. The SMILES string of the molecule is CC(=O)Nc1cccc(-c2cccc([C@H]3CCCN(C(=O)c4ccccc4)C3)n2)c1. The largest absolute Gasteiger partial charge is 0.338 e. The van der Waals surface area contributed by atoms with Crippen LogP contribution in [0.5, 0.6) is 0 Å². The summed E-state index contributed by atoms with van der Waals surface area (Å²) in [4.78, 5) is 31.1. The Kier molecular flexibility index (Phi) is 5.89. The molecule has 5 heteroatoms. The van der Waals surface area contributed by atoms with Crippen LogP contribution in [0.25, 0.3) is 11.3 Å². The summed E-state index contributed by atoms with van der Waals surface area (Å²) in [6, 6.07) is 23.2. The lowest BCUT2D eigenvalue weighted by Crippen LogP contribution is -2.39. The Morgan fingerprint density at radius 2 is 1.80 bits per heavy atom. The van der Waals surface area contributed by atoms with Crippen LogP contribution in [-0.2, 0) is 4.79 Å². The molecule has 1 fully saturated rings. The number of benzene rings is 2. The van der Waals surface area contributed by atoms with E-state index in [1.54, 1.807) is 0 Å². The average Bonchev–Trinajstić information content (AvgIpc) is 2.79. The predicted octanol–water partition coefficient (Wildman–Crippen LogP) is 4.73. The van der Waals surface area contributed by atoms with Crippen molar-refractivity contribution in [1.29, 1.82) is 0 Å². The molecule has 5 nitrogen and oxygen atoms in total. The lowest BCUT2D eigenvalue weighted by molar-refractivity contribution is -0.114. The number of piperidine rings is 1. The van der Waals surface area contributed by atoms with Crippen LogP contribution in [0.4, 0.5) is 5.69 Å². The molecule has 4 rings (SSSR count). The van der Waals surface area contributed by atoms with Gasteiger partial charge in [-0.25, -0.2) is 0 Å². The highest BCUT2D eigenvalue weighted by molar-refractivity contribution is 5.94. The highest BCUT2D eigenvalue weighted by Crippen LogP contribution is 2.29. The quantitative estimate of drug-likeness (QED) is 0.690. The fourth-order valence-electron chi connectivity index (χ4n) is 3.97. The molecule has 1 saturated heterocycles. The van der Waals surface area contributed by atoms with E-state index < -0.39 is 0 Å². The van der Waals surface area contributed by atoms with E-state index in [0.717, 1.165) is 47.6 Å². The molecule has 0 saturated carbocycles. The second-order valence-corrected chi connectivity index (χ2v) is 7.67. The monoisotopic (exact) mass is 399 g/mol. The van der Waals surface area contributed by atoms with E-state index in [0.29, 0.717) is 6.54 Å². The molecule has 2 heterocycles. The van der Waals surface area contributed by atoms with Crippen molar-refractivity contribution in [3.63, 3.8) is 0 Å². The number of anilines is 1.